The van der Waals surface area contributed by atoms with Crippen LogP contribution < -0.4 is 21.1 Å². The van der Waals surface area contributed by atoms with Gasteiger partial charge in [-0.2, -0.15) is 0 Å². The van der Waals surface area contributed by atoms with Crippen LogP contribution >= 0.6 is 23.8 Å². The topological polar surface area (TPSA) is 76.4 Å². The van der Waals surface area contributed by atoms with Crippen molar-refractivity contribution in [3.63, 3.8) is 0 Å². The van der Waals surface area contributed by atoms with E-state index in [2.05, 4.69) is 10.6 Å². The Labute approximate surface area is 188 Å². The summed E-state index contributed by atoms with van der Waals surface area (Å²) in [7, 11) is 1.54. The third-order valence-electron chi connectivity index (χ3n) is 4.52. The van der Waals surface area contributed by atoms with Crippen molar-refractivity contribution in [1.82, 2.24) is 0 Å². The zero-order valence-corrected chi connectivity index (χ0v) is 18.1. The van der Waals surface area contributed by atoms with Crippen LogP contribution in [0, 0.1) is 18.6 Å². The molecule has 160 valence electrons. The molecule has 0 aliphatic carbocycles. The Balaban J connectivity index is 1.78. The standard InChI is InChI=1S/C22H18ClF2N3O2S/c1-11-9-18(30-2)17(10-15(11)23)28-22(31)27-13-5-3-12(4-6-13)14-7-8-16(24)19(20(14)25)21(26)29/h3-10H,1-2H3,(H2,26,29)(H2,27,28,31). The average Bonchev–Trinajstić information content (AvgIpc) is 2.71. The molecule has 0 aliphatic rings. The summed E-state index contributed by atoms with van der Waals surface area (Å²) in [5.74, 6) is -2.60. The molecule has 0 radical (unpaired) electrons. The Bertz CT molecular complexity index is 1170. The molecule has 0 unspecified atom stereocenters. The Morgan fingerprint density at radius 1 is 1.10 bits per heavy atom. The van der Waals surface area contributed by atoms with E-state index in [0.29, 0.717) is 27.7 Å². The van der Waals surface area contributed by atoms with Gasteiger partial charge in [0.15, 0.2) is 5.11 Å². The first-order valence-corrected chi connectivity index (χ1v) is 9.80. The van der Waals surface area contributed by atoms with Crippen molar-refractivity contribution in [2.75, 3.05) is 17.7 Å². The molecule has 0 heterocycles. The third kappa shape index (κ3) is 4.92. The van der Waals surface area contributed by atoms with E-state index in [9.17, 15) is 13.6 Å². The summed E-state index contributed by atoms with van der Waals surface area (Å²) in [5, 5.41) is 6.87. The van der Waals surface area contributed by atoms with E-state index in [0.717, 1.165) is 11.6 Å². The lowest BCUT2D eigenvalue weighted by molar-refractivity contribution is 0.0992. The molecular formula is C22H18ClF2N3O2S. The number of carbonyl (C=O) groups excluding carboxylic acids is 1. The highest BCUT2D eigenvalue weighted by molar-refractivity contribution is 7.80. The molecule has 0 spiro atoms. The van der Waals surface area contributed by atoms with Gasteiger partial charge in [0.05, 0.1) is 12.8 Å². The maximum atomic E-state index is 14.5. The fraction of sp³-hybridized carbons (Fsp3) is 0.0909. The van der Waals surface area contributed by atoms with Crippen LogP contribution in [0.5, 0.6) is 5.75 Å². The minimum atomic E-state index is -1.17. The van der Waals surface area contributed by atoms with Crippen LogP contribution in [0.1, 0.15) is 15.9 Å². The van der Waals surface area contributed by atoms with Crippen LogP contribution in [0.3, 0.4) is 0 Å². The van der Waals surface area contributed by atoms with E-state index in [4.69, 9.17) is 34.3 Å². The number of hydrogen-bond acceptors (Lipinski definition) is 3. The average molecular weight is 462 g/mol. The van der Waals surface area contributed by atoms with E-state index in [-0.39, 0.29) is 10.7 Å². The molecule has 9 heteroatoms. The van der Waals surface area contributed by atoms with Gasteiger partial charge in [-0.1, -0.05) is 23.7 Å². The van der Waals surface area contributed by atoms with Crippen molar-refractivity contribution in [3.8, 4) is 16.9 Å². The zero-order valence-electron chi connectivity index (χ0n) is 16.6. The van der Waals surface area contributed by atoms with Crippen molar-refractivity contribution in [1.29, 1.82) is 0 Å². The molecule has 0 aromatic heterocycles. The highest BCUT2D eigenvalue weighted by Crippen LogP contribution is 2.31. The van der Waals surface area contributed by atoms with Gasteiger partial charge in [0, 0.05) is 16.3 Å². The Morgan fingerprint density at radius 3 is 2.39 bits per heavy atom. The lowest BCUT2D eigenvalue weighted by atomic mass is 10.0. The normalized spacial score (nSPS) is 10.5. The fourth-order valence-electron chi connectivity index (χ4n) is 2.94. The van der Waals surface area contributed by atoms with Crippen LogP contribution in [-0.2, 0) is 0 Å². The van der Waals surface area contributed by atoms with Crippen molar-refractivity contribution >= 4 is 46.2 Å². The minimum Gasteiger partial charge on any atom is -0.495 e. The number of halogens is 3. The number of thiocarbonyl (C=S) groups is 1. The van der Waals surface area contributed by atoms with E-state index in [1.807, 2.05) is 6.92 Å². The molecule has 0 aliphatic heterocycles. The molecule has 5 nitrogen and oxygen atoms in total. The van der Waals surface area contributed by atoms with E-state index < -0.39 is 23.1 Å². The summed E-state index contributed by atoms with van der Waals surface area (Å²) in [4.78, 5) is 11.3. The third-order valence-corrected chi connectivity index (χ3v) is 5.13. The van der Waals surface area contributed by atoms with Crippen molar-refractivity contribution in [2.24, 2.45) is 5.73 Å². The first-order chi connectivity index (χ1) is 14.7. The number of hydrogen-bond donors (Lipinski definition) is 3. The smallest absolute Gasteiger partial charge is 0.254 e. The number of rotatable bonds is 5. The van der Waals surface area contributed by atoms with Crippen LogP contribution in [0.25, 0.3) is 11.1 Å². The number of nitrogens with one attached hydrogen (secondary N) is 2. The Morgan fingerprint density at radius 2 is 1.77 bits per heavy atom. The molecule has 0 saturated heterocycles. The quantitative estimate of drug-likeness (QED) is 0.437. The maximum absolute atomic E-state index is 14.5. The summed E-state index contributed by atoms with van der Waals surface area (Å²) >= 11 is 11.5. The van der Waals surface area contributed by atoms with Crippen LogP contribution in [-0.4, -0.2) is 18.1 Å². The summed E-state index contributed by atoms with van der Waals surface area (Å²) in [5.41, 5.74) is 6.89. The largest absolute Gasteiger partial charge is 0.495 e. The zero-order chi connectivity index (χ0) is 22.7. The second-order valence-corrected chi connectivity index (χ2v) is 7.42. The number of amides is 1. The van der Waals surface area contributed by atoms with Gasteiger partial charge in [-0.25, -0.2) is 8.78 Å². The summed E-state index contributed by atoms with van der Waals surface area (Å²) in [6, 6.07) is 12.3. The van der Waals surface area contributed by atoms with Gasteiger partial charge in [0.1, 0.15) is 22.9 Å². The molecule has 31 heavy (non-hydrogen) atoms. The van der Waals surface area contributed by atoms with Crippen LogP contribution in [0.4, 0.5) is 20.2 Å². The van der Waals surface area contributed by atoms with Crippen molar-refractivity contribution in [2.45, 2.75) is 6.92 Å². The Hall–Kier alpha value is -3.23. The predicted molar refractivity (Wildman–Crippen MR) is 123 cm³/mol. The van der Waals surface area contributed by atoms with Crippen molar-refractivity contribution in [3.05, 3.63) is 76.3 Å². The first-order valence-electron chi connectivity index (χ1n) is 9.01. The molecule has 4 N–H and O–H groups in total. The van der Waals surface area contributed by atoms with E-state index in [1.165, 1.54) is 6.07 Å². The molecule has 3 rings (SSSR count). The maximum Gasteiger partial charge on any atom is 0.254 e. The summed E-state index contributed by atoms with van der Waals surface area (Å²) in [6.45, 7) is 1.86. The second-order valence-electron chi connectivity index (χ2n) is 6.61. The van der Waals surface area contributed by atoms with Crippen LogP contribution in [0.2, 0.25) is 5.02 Å². The van der Waals surface area contributed by atoms with Gasteiger partial charge < -0.3 is 21.1 Å². The number of methoxy groups -OCH3 is 1. The molecular weight excluding hydrogens is 444 g/mol. The number of aryl methyl sites for hydroxylation is 1. The van der Waals surface area contributed by atoms with E-state index >= 15 is 0 Å². The predicted octanol–water partition coefficient (Wildman–Crippen LogP) is 5.51. The summed E-state index contributed by atoms with van der Waals surface area (Å²) in [6.07, 6.45) is 0. The number of anilines is 2. The fourth-order valence-corrected chi connectivity index (χ4v) is 3.33. The molecule has 1 amide bonds. The van der Waals surface area contributed by atoms with Crippen molar-refractivity contribution < 1.29 is 18.3 Å². The monoisotopic (exact) mass is 461 g/mol. The highest BCUT2D eigenvalue weighted by atomic mass is 35.5. The molecule has 3 aromatic rings. The Kier molecular flexibility index (Phi) is 6.72. The van der Waals surface area contributed by atoms with Gasteiger partial charge in [0.2, 0.25) is 0 Å². The lowest BCUT2D eigenvalue weighted by Gasteiger charge is -2.15. The number of ether oxygens (including phenoxy) is 1. The molecule has 0 atom stereocenters. The molecule has 0 fully saturated rings. The molecule has 0 saturated carbocycles. The van der Waals surface area contributed by atoms with Gasteiger partial charge in [-0.15, -0.1) is 0 Å². The SMILES string of the molecule is COc1cc(C)c(Cl)cc1NC(=S)Nc1ccc(-c2ccc(F)c(C(N)=O)c2F)cc1. The first kappa shape index (κ1) is 22.5. The molecule has 3 aromatic carbocycles. The number of nitrogens with two attached hydrogens (primary N) is 1. The number of carbonyl (C=O) groups is 1. The van der Waals surface area contributed by atoms with E-state index in [1.54, 1.807) is 43.5 Å². The van der Waals surface area contributed by atoms with Gasteiger partial charge in [-0.05, 0) is 66.7 Å². The number of benzene rings is 3. The number of primary amides is 1. The van der Waals surface area contributed by atoms with Gasteiger partial charge in [0.25, 0.3) is 5.91 Å². The van der Waals surface area contributed by atoms with Crippen LogP contribution in [0.15, 0.2) is 48.5 Å². The minimum absolute atomic E-state index is 0.0569. The lowest BCUT2D eigenvalue weighted by Crippen LogP contribution is -2.19. The summed E-state index contributed by atoms with van der Waals surface area (Å²) < 4.78 is 33.6. The van der Waals surface area contributed by atoms with Gasteiger partial charge in [-0.3, -0.25) is 4.79 Å². The second kappa shape index (κ2) is 9.28. The molecule has 0 bridgehead atoms. The van der Waals surface area contributed by atoms with Gasteiger partial charge >= 0.3 is 0 Å². The highest BCUT2D eigenvalue weighted by Gasteiger charge is 2.19.